The van der Waals surface area contributed by atoms with Crippen molar-refractivity contribution in [1.82, 2.24) is 15.1 Å². The second-order valence-electron chi connectivity index (χ2n) is 7.69. The average Bonchev–Trinajstić information content (AvgIpc) is 3.06. The summed E-state index contributed by atoms with van der Waals surface area (Å²) in [5.41, 5.74) is 2.94. The quantitative estimate of drug-likeness (QED) is 0.900. The molecule has 128 valence electrons. The normalized spacial score (nSPS) is 25.1. The minimum atomic E-state index is 0.541. The zero-order chi connectivity index (χ0) is 16.2. The molecule has 1 aromatic rings. The van der Waals surface area contributed by atoms with Gasteiger partial charge in [-0.2, -0.15) is 0 Å². The van der Waals surface area contributed by atoms with Gasteiger partial charge in [-0.1, -0.05) is 38.1 Å². The molecule has 2 aliphatic rings. The Kier molecular flexibility index (Phi) is 5.73. The SMILES string of the molecule is CC1CN(C(CN2CCCC2)c2ccc(C(C)C)cc2)CCN1. The Morgan fingerprint density at radius 1 is 1.04 bits per heavy atom. The lowest BCUT2D eigenvalue weighted by atomic mass is 9.97. The molecule has 0 spiro atoms. The van der Waals surface area contributed by atoms with E-state index in [1.54, 1.807) is 0 Å². The molecule has 2 aliphatic heterocycles. The zero-order valence-electron chi connectivity index (χ0n) is 15.1. The van der Waals surface area contributed by atoms with Crippen molar-refractivity contribution in [2.45, 2.75) is 51.6 Å². The summed E-state index contributed by atoms with van der Waals surface area (Å²) in [5.74, 6) is 0.611. The van der Waals surface area contributed by atoms with Gasteiger partial charge < -0.3 is 10.2 Å². The highest BCUT2D eigenvalue weighted by Gasteiger charge is 2.27. The number of hydrogen-bond acceptors (Lipinski definition) is 3. The first-order chi connectivity index (χ1) is 11.1. The third-order valence-corrected chi connectivity index (χ3v) is 5.46. The van der Waals surface area contributed by atoms with E-state index in [9.17, 15) is 0 Å². The van der Waals surface area contributed by atoms with Gasteiger partial charge in [0, 0.05) is 38.3 Å². The first kappa shape index (κ1) is 16.9. The topological polar surface area (TPSA) is 18.5 Å². The Morgan fingerprint density at radius 3 is 2.30 bits per heavy atom. The maximum absolute atomic E-state index is 3.58. The molecule has 2 atom stereocenters. The highest BCUT2D eigenvalue weighted by Crippen LogP contribution is 2.26. The number of benzene rings is 1. The lowest BCUT2D eigenvalue weighted by molar-refractivity contribution is 0.117. The summed E-state index contributed by atoms with van der Waals surface area (Å²) in [6, 6.07) is 10.6. The second-order valence-corrected chi connectivity index (χ2v) is 7.69. The van der Waals surface area contributed by atoms with Gasteiger partial charge >= 0.3 is 0 Å². The third kappa shape index (κ3) is 4.34. The summed E-state index contributed by atoms with van der Waals surface area (Å²) < 4.78 is 0. The van der Waals surface area contributed by atoms with Crippen LogP contribution in [0.1, 0.15) is 56.7 Å². The minimum Gasteiger partial charge on any atom is -0.312 e. The number of nitrogens with one attached hydrogen (secondary N) is 1. The lowest BCUT2D eigenvalue weighted by Gasteiger charge is -2.39. The van der Waals surface area contributed by atoms with E-state index in [1.807, 2.05) is 0 Å². The number of likely N-dealkylation sites (tertiary alicyclic amines) is 1. The van der Waals surface area contributed by atoms with Crippen LogP contribution in [0.2, 0.25) is 0 Å². The summed E-state index contributed by atoms with van der Waals surface area (Å²) in [7, 11) is 0. The summed E-state index contributed by atoms with van der Waals surface area (Å²) in [6.45, 7) is 14.0. The van der Waals surface area contributed by atoms with Crippen molar-refractivity contribution in [3.05, 3.63) is 35.4 Å². The number of rotatable bonds is 5. The van der Waals surface area contributed by atoms with Gasteiger partial charge in [0.25, 0.3) is 0 Å². The average molecular weight is 316 g/mol. The number of nitrogens with zero attached hydrogens (tertiary/aromatic N) is 2. The van der Waals surface area contributed by atoms with Crippen LogP contribution < -0.4 is 5.32 Å². The van der Waals surface area contributed by atoms with Crippen molar-refractivity contribution >= 4 is 0 Å². The predicted molar refractivity (Wildman–Crippen MR) is 98.0 cm³/mol. The fraction of sp³-hybridized carbons (Fsp3) is 0.700. The molecule has 0 aliphatic carbocycles. The van der Waals surface area contributed by atoms with Gasteiger partial charge in [-0.3, -0.25) is 4.90 Å². The van der Waals surface area contributed by atoms with Gasteiger partial charge in [-0.25, -0.2) is 0 Å². The van der Waals surface area contributed by atoms with Crippen molar-refractivity contribution < 1.29 is 0 Å². The van der Waals surface area contributed by atoms with Gasteiger partial charge in [0.15, 0.2) is 0 Å². The van der Waals surface area contributed by atoms with Crippen molar-refractivity contribution in [3.63, 3.8) is 0 Å². The zero-order valence-corrected chi connectivity index (χ0v) is 15.1. The lowest BCUT2D eigenvalue weighted by Crippen LogP contribution is -2.52. The van der Waals surface area contributed by atoms with Crippen LogP contribution in [-0.4, -0.2) is 55.1 Å². The molecule has 0 bridgehead atoms. The van der Waals surface area contributed by atoms with Gasteiger partial charge in [0.05, 0.1) is 0 Å². The highest BCUT2D eigenvalue weighted by molar-refractivity contribution is 5.27. The van der Waals surface area contributed by atoms with E-state index in [2.05, 4.69) is 60.2 Å². The van der Waals surface area contributed by atoms with E-state index < -0.39 is 0 Å². The van der Waals surface area contributed by atoms with Crippen LogP contribution in [-0.2, 0) is 0 Å². The summed E-state index contributed by atoms with van der Waals surface area (Å²) >= 11 is 0. The molecule has 3 heteroatoms. The second kappa shape index (κ2) is 7.78. The predicted octanol–water partition coefficient (Wildman–Crippen LogP) is 3.24. The van der Waals surface area contributed by atoms with Crippen molar-refractivity contribution in [2.24, 2.45) is 0 Å². The summed E-state index contributed by atoms with van der Waals surface area (Å²) in [5, 5.41) is 3.58. The van der Waals surface area contributed by atoms with E-state index in [-0.39, 0.29) is 0 Å². The van der Waals surface area contributed by atoms with Gasteiger partial charge in [0.2, 0.25) is 0 Å². The fourth-order valence-electron chi connectivity index (χ4n) is 3.99. The van der Waals surface area contributed by atoms with Crippen LogP contribution in [0.25, 0.3) is 0 Å². The largest absolute Gasteiger partial charge is 0.312 e. The van der Waals surface area contributed by atoms with Crippen molar-refractivity contribution in [3.8, 4) is 0 Å². The fourth-order valence-corrected chi connectivity index (χ4v) is 3.99. The molecule has 2 unspecified atom stereocenters. The Balaban J connectivity index is 1.78. The smallest absolute Gasteiger partial charge is 0.0476 e. The van der Waals surface area contributed by atoms with Crippen LogP contribution in [0, 0.1) is 0 Å². The molecule has 2 saturated heterocycles. The Morgan fingerprint density at radius 2 is 1.70 bits per heavy atom. The molecule has 0 aromatic heterocycles. The van der Waals surface area contributed by atoms with E-state index in [1.165, 1.54) is 43.6 Å². The molecule has 1 aromatic carbocycles. The first-order valence-electron chi connectivity index (χ1n) is 9.43. The molecule has 3 rings (SSSR count). The monoisotopic (exact) mass is 315 g/mol. The first-order valence-corrected chi connectivity index (χ1v) is 9.43. The van der Waals surface area contributed by atoms with Crippen LogP contribution in [0.15, 0.2) is 24.3 Å². The van der Waals surface area contributed by atoms with Gasteiger partial charge in [0.1, 0.15) is 0 Å². The Bertz CT molecular complexity index is 476. The summed E-state index contributed by atoms with van der Waals surface area (Å²) in [4.78, 5) is 5.36. The molecule has 2 fully saturated rings. The molecule has 0 saturated carbocycles. The maximum atomic E-state index is 3.58. The molecule has 0 amide bonds. The van der Waals surface area contributed by atoms with Crippen molar-refractivity contribution in [2.75, 3.05) is 39.3 Å². The molecule has 3 nitrogen and oxygen atoms in total. The van der Waals surface area contributed by atoms with E-state index in [0.717, 1.165) is 19.6 Å². The number of hydrogen-bond donors (Lipinski definition) is 1. The highest BCUT2D eigenvalue weighted by atomic mass is 15.3. The molecular formula is C20H33N3. The van der Waals surface area contributed by atoms with Gasteiger partial charge in [-0.05, 0) is 49.9 Å². The van der Waals surface area contributed by atoms with Crippen LogP contribution in [0.3, 0.4) is 0 Å². The standard InChI is InChI=1S/C20H33N3/c1-16(2)18-6-8-19(9-7-18)20(15-22-11-4-5-12-22)23-13-10-21-17(3)14-23/h6-9,16-17,20-21H,4-5,10-15H2,1-3H3. The van der Waals surface area contributed by atoms with Gasteiger partial charge in [-0.15, -0.1) is 0 Å². The molecule has 1 N–H and O–H groups in total. The molecule has 23 heavy (non-hydrogen) atoms. The van der Waals surface area contributed by atoms with E-state index in [0.29, 0.717) is 18.0 Å². The van der Waals surface area contributed by atoms with E-state index >= 15 is 0 Å². The van der Waals surface area contributed by atoms with E-state index in [4.69, 9.17) is 0 Å². The van der Waals surface area contributed by atoms with Crippen LogP contribution in [0.5, 0.6) is 0 Å². The van der Waals surface area contributed by atoms with Crippen LogP contribution in [0.4, 0.5) is 0 Å². The Hall–Kier alpha value is -0.900. The minimum absolute atomic E-state index is 0.541. The van der Waals surface area contributed by atoms with Crippen LogP contribution >= 0.6 is 0 Å². The summed E-state index contributed by atoms with van der Waals surface area (Å²) in [6.07, 6.45) is 2.74. The third-order valence-electron chi connectivity index (χ3n) is 5.46. The Labute approximate surface area is 142 Å². The number of piperazine rings is 1. The van der Waals surface area contributed by atoms with Crippen molar-refractivity contribution in [1.29, 1.82) is 0 Å². The maximum Gasteiger partial charge on any atom is 0.0476 e. The molecule has 0 radical (unpaired) electrons. The molecular weight excluding hydrogens is 282 g/mol. The molecule has 2 heterocycles.